The summed E-state index contributed by atoms with van der Waals surface area (Å²) in [6, 6.07) is 13.4. The maximum atomic E-state index is 12.3. The average Bonchev–Trinajstić information content (AvgIpc) is 2.53. The van der Waals surface area contributed by atoms with Gasteiger partial charge in [0, 0.05) is 0 Å². The van der Waals surface area contributed by atoms with E-state index >= 15 is 0 Å². The molecule has 0 aliphatic carbocycles. The molecule has 0 radical (unpaired) electrons. The van der Waals surface area contributed by atoms with Crippen molar-refractivity contribution in [1.82, 2.24) is 9.55 Å². The van der Waals surface area contributed by atoms with Crippen LogP contribution in [0.15, 0.2) is 53.6 Å². The molecule has 0 N–H and O–H groups in total. The molecule has 0 fully saturated rings. The zero-order valence-electron chi connectivity index (χ0n) is 12.7. The van der Waals surface area contributed by atoms with Gasteiger partial charge in [-0.3, -0.25) is 9.36 Å². The predicted molar refractivity (Wildman–Crippen MR) is 87.4 cm³/mol. The number of ether oxygens (including phenoxy) is 1. The molecule has 0 unspecified atom stereocenters. The van der Waals surface area contributed by atoms with Crippen LogP contribution in [0.25, 0.3) is 10.9 Å². The quantitative estimate of drug-likeness (QED) is 0.742. The Kier molecular flexibility index (Phi) is 3.92. The van der Waals surface area contributed by atoms with Crippen LogP contribution in [0.3, 0.4) is 0 Å². The van der Waals surface area contributed by atoms with Crippen LogP contribution < -0.4 is 10.3 Å². The molecule has 0 bridgehead atoms. The van der Waals surface area contributed by atoms with Gasteiger partial charge in [-0.05, 0) is 49.2 Å². The molecule has 0 saturated heterocycles. The number of benzene rings is 2. The van der Waals surface area contributed by atoms with Gasteiger partial charge in [0.25, 0.3) is 5.56 Å². The molecule has 22 heavy (non-hydrogen) atoms. The Balaban J connectivity index is 1.73. The molecule has 0 aliphatic heterocycles. The van der Waals surface area contributed by atoms with Crippen molar-refractivity contribution in [1.29, 1.82) is 0 Å². The summed E-state index contributed by atoms with van der Waals surface area (Å²) in [5.41, 5.74) is 3.12. The summed E-state index contributed by atoms with van der Waals surface area (Å²) in [7, 11) is 0. The lowest BCUT2D eigenvalue weighted by molar-refractivity contribution is 0.296. The fraction of sp³-hybridized carbons (Fsp3) is 0.222. The minimum atomic E-state index is -0.0331. The smallest absolute Gasteiger partial charge is 0.261 e. The number of nitrogens with zero attached hydrogens (tertiary/aromatic N) is 2. The highest BCUT2D eigenvalue weighted by atomic mass is 16.5. The van der Waals surface area contributed by atoms with Gasteiger partial charge >= 0.3 is 0 Å². The summed E-state index contributed by atoms with van der Waals surface area (Å²) >= 11 is 0. The van der Waals surface area contributed by atoms with Crippen LogP contribution in [0.2, 0.25) is 0 Å². The normalized spacial score (nSPS) is 10.8. The van der Waals surface area contributed by atoms with Crippen molar-refractivity contribution in [3.05, 3.63) is 70.3 Å². The van der Waals surface area contributed by atoms with Crippen molar-refractivity contribution < 1.29 is 4.74 Å². The lowest BCUT2D eigenvalue weighted by Gasteiger charge is -2.10. The number of para-hydroxylation sites is 1. The highest BCUT2D eigenvalue weighted by Gasteiger charge is 2.03. The topological polar surface area (TPSA) is 44.1 Å². The number of aryl methyl sites for hydroxylation is 2. The van der Waals surface area contributed by atoms with E-state index in [1.54, 1.807) is 17.0 Å². The van der Waals surface area contributed by atoms with E-state index < -0.39 is 0 Å². The zero-order valence-corrected chi connectivity index (χ0v) is 12.7. The Bertz CT molecular complexity index is 868. The summed E-state index contributed by atoms with van der Waals surface area (Å²) in [5.74, 6) is 0.824. The first-order chi connectivity index (χ1) is 10.6. The minimum Gasteiger partial charge on any atom is -0.492 e. The molecule has 0 spiro atoms. The number of rotatable bonds is 4. The van der Waals surface area contributed by atoms with Crippen LogP contribution in [0.5, 0.6) is 5.75 Å². The van der Waals surface area contributed by atoms with Crippen LogP contribution in [0, 0.1) is 13.8 Å². The molecular formula is C18H18N2O2. The third kappa shape index (κ3) is 2.86. The van der Waals surface area contributed by atoms with Crippen LogP contribution in [0.1, 0.15) is 11.1 Å². The van der Waals surface area contributed by atoms with Gasteiger partial charge in [-0.2, -0.15) is 0 Å². The lowest BCUT2D eigenvalue weighted by Crippen LogP contribution is -2.23. The summed E-state index contributed by atoms with van der Waals surface area (Å²) < 4.78 is 7.31. The number of hydrogen-bond acceptors (Lipinski definition) is 3. The summed E-state index contributed by atoms with van der Waals surface area (Å²) in [6.07, 6.45) is 1.58. The summed E-state index contributed by atoms with van der Waals surface area (Å²) in [5, 5.41) is 0.635. The largest absolute Gasteiger partial charge is 0.492 e. The van der Waals surface area contributed by atoms with E-state index in [0.717, 1.165) is 11.3 Å². The van der Waals surface area contributed by atoms with Crippen molar-refractivity contribution in [2.45, 2.75) is 20.4 Å². The molecule has 1 aromatic heterocycles. The molecule has 3 aromatic rings. The average molecular weight is 294 g/mol. The molecule has 4 nitrogen and oxygen atoms in total. The van der Waals surface area contributed by atoms with E-state index in [9.17, 15) is 4.79 Å². The molecule has 0 amide bonds. The molecule has 0 aliphatic rings. The predicted octanol–water partition coefficient (Wildman–Crippen LogP) is 3.09. The van der Waals surface area contributed by atoms with E-state index in [4.69, 9.17) is 4.74 Å². The van der Waals surface area contributed by atoms with E-state index in [0.29, 0.717) is 18.5 Å². The monoisotopic (exact) mass is 294 g/mol. The maximum absolute atomic E-state index is 12.3. The number of hydrogen-bond donors (Lipinski definition) is 0. The first-order valence-corrected chi connectivity index (χ1v) is 7.29. The second kappa shape index (κ2) is 6.02. The highest BCUT2D eigenvalue weighted by molar-refractivity contribution is 5.76. The Morgan fingerprint density at radius 2 is 1.91 bits per heavy atom. The van der Waals surface area contributed by atoms with Crippen LogP contribution >= 0.6 is 0 Å². The van der Waals surface area contributed by atoms with Gasteiger partial charge in [0.05, 0.1) is 23.8 Å². The molecule has 0 atom stereocenters. The standard InChI is InChI=1S/C18H18N2O2/c1-13-7-8-15(11-14(13)2)22-10-9-20-12-19-17-6-4-3-5-16(17)18(20)21/h3-8,11-12H,9-10H2,1-2H3. The lowest BCUT2D eigenvalue weighted by atomic mass is 10.1. The first kappa shape index (κ1) is 14.3. The first-order valence-electron chi connectivity index (χ1n) is 7.29. The molecule has 1 heterocycles. The molecule has 112 valence electrons. The van der Waals surface area contributed by atoms with Gasteiger partial charge in [-0.15, -0.1) is 0 Å². The Morgan fingerprint density at radius 1 is 1.09 bits per heavy atom. The van der Waals surface area contributed by atoms with Gasteiger partial charge in [-0.25, -0.2) is 4.98 Å². The van der Waals surface area contributed by atoms with E-state index in [1.807, 2.05) is 36.4 Å². The number of fused-ring (bicyclic) bond motifs is 1. The van der Waals surface area contributed by atoms with Crippen molar-refractivity contribution in [2.24, 2.45) is 0 Å². The molecule has 3 rings (SSSR count). The Labute approximate surface area is 129 Å². The molecule has 0 saturated carbocycles. The summed E-state index contributed by atoms with van der Waals surface area (Å²) in [6.45, 7) is 5.03. The Morgan fingerprint density at radius 3 is 2.73 bits per heavy atom. The van der Waals surface area contributed by atoms with Crippen LogP contribution in [0.4, 0.5) is 0 Å². The van der Waals surface area contributed by atoms with Gasteiger partial charge in [0.2, 0.25) is 0 Å². The van der Waals surface area contributed by atoms with Crippen molar-refractivity contribution >= 4 is 10.9 Å². The zero-order chi connectivity index (χ0) is 15.5. The fourth-order valence-corrected chi connectivity index (χ4v) is 2.33. The maximum Gasteiger partial charge on any atom is 0.261 e. The third-order valence-corrected chi connectivity index (χ3v) is 3.81. The highest BCUT2D eigenvalue weighted by Crippen LogP contribution is 2.16. The van der Waals surface area contributed by atoms with Gasteiger partial charge < -0.3 is 4.74 Å². The third-order valence-electron chi connectivity index (χ3n) is 3.81. The van der Waals surface area contributed by atoms with Crippen LogP contribution in [-0.4, -0.2) is 16.2 Å². The number of aromatic nitrogens is 2. The van der Waals surface area contributed by atoms with E-state index in [-0.39, 0.29) is 5.56 Å². The van der Waals surface area contributed by atoms with Gasteiger partial charge in [-0.1, -0.05) is 18.2 Å². The fourth-order valence-electron chi connectivity index (χ4n) is 2.33. The van der Waals surface area contributed by atoms with Crippen molar-refractivity contribution in [2.75, 3.05) is 6.61 Å². The van der Waals surface area contributed by atoms with E-state index in [1.165, 1.54) is 11.1 Å². The second-order valence-electron chi connectivity index (χ2n) is 5.35. The van der Waals surface area contributed by atoms with Gasteiger partial charge in [0.15, 0.2) is 0 Å². The van der Waals surface area contributed by atoms with E-state index in [2.05, 4.69) is 18.8 Å². The SMILES string of the molecule is Cc1ccc(OCCn2cnc3ccccc3c2=O)cc1C. The Hall–Kier alpha value is -2.62. The van der Waals surface area contributed by atoms with Crippen molar-refractivity contribution in [3.63, 3.8) is 0 Å². The van der Waals surface area contributed by atoms with Crippen LogP contribution in [-0.2, 0) is 6.54 Å². The minimum absolute atomic E-state index is 0.0331. The van der Waals surface area contributed by atoms with Gasteiger partial charge in [0.1, 0.15) is 12.4 Å². The second-order valence-corrected chi connectivity index (χ2v) is 5.35. The summed E-state index contributed by atoms with van der Waals surface area (Å²) in [4.78, 5) is 16.6. The molecule has 4 heteroatoms. The molecular weight excluding hydrogens is 276 g/mol. The molecule has 2 aromatic carbocycles. The van der Waals surface area contributed by atoms with Crippen molar-refractivity contribution in [3.8, 4) is 5.75 Å².